The van der Waals surface area contributed by atoms with E-state index in [0.29, 0.717) is 11.9 Å². The number of hydrogen-bond acceptors (Lipinski definition) is 6. The number of aromatic nitrogens is 2. The number of anilines is 2. The summed E-state index contributed by atoms with van der Waals surface area (Å²) in [6.45, 7) is 7.83. The van der Waals surface area contributed by atoms with Gasteiger partial charge in [0.15, 0.2) is 0 Å². The van der Waals surface area contributed by atoms with Gasteiger partial charge >= 0.3 is 0 Å². The van der Waals surface area contributed by atoms with Crippen molar-refractivity contribution in [1.29, 1.82) is 0 Å². The van der Waals surface area contributed by atoms with Gasteiger partial charge < -0.3 is 15.5 Å². The third-order valence-electron chi connectivity index (χ3n) is 2.75. The fourth-order valence-corrected chi connectivity index (χ4v) is 1.78. The topological polar surface area (TPSA) is 85.1 Å². The van der Waals surface area contributed by atoms with Crippen LogP contribution in [-0.2, 0) is 11.2 Å². The van der Waals surface area contributed by atoms with E-state index in [1.165, 1.54) is 6.33 Å². The number of nitrogens with two attached hydrogens (primary N) is 1. The van der Waals surface area contributed by atoms with Gasteiger partial charge in [-0.2, -0.15) is 0 Å². The summed E-state index contributed by atoms with van der Waals surface area (Å²) in [5, 5.41) is 3.32. The highest BCUT2D eigenvalue weighted by Gasteiger charge is 2.07. The standard InChI is InChI=1S/C13H25N5O/c1-4-11-12(16-9-17-13(11)18-14)15-7-5-6-8-19-10(2)3/h9-10H,4-8,14H2,1-3H3,(H2,15,16,17,18). The van der Waals surface area contributed by atoms with Crippen LogP contribution in [0, 0.1) is 0 Å². The predicted octanol–water partition coefficient (Wildman–Crippen LogP) is 1.94. The van der Waals surface area contributed by atoms with E-state index in [0.717, 1.165) is 43.8 Å². The van der Waals surface area contributed by atoms with Crippen molar-refractivity contribution in [2.24, 2.45) is 5.84 Å². The van der Waals surface area contributed by atoms with Crippen LogP contribution in [0.5, 0.6) is 0 Å². The molecule has 108 valence electrons. The van der Waals surface area contributed by atoms with Crippen molar-refractivity contribution < 1.29 is 4.74 Å². The zero-order valence-electron chi connectivity index (χ0n) is 12.1. The first-order valence-corrected chi connectivity index (χ1v) is 6.85. The summed E-state index contributed by atoms with van der Waals surface area (Å²) in [7, 11) is 0. The molecule has 1 aromatic heterocycles. The van der Waals surface area contributed by atoms with E-state index in [9.17, 15) is 0 Å². The third kappa shape index (κ3) is 5.40. The summed E-state index contributed by atoms with van der Waals surface area (Å²) < 4.78 is 5.50. The van der Waals surface area contributed by atoms with E-state index >= 15 is 0 Å². The van der Waals surface area contributed by atoms with Crippen molar-refractivity contribution in [3.63, 3.8) is 0 Å². The van der Waals surface area contributed by atoms with E-state index < -0.39 is 0 Å². The summed E-state index contributed by atoms with van der Waals surface area (Å²) in [5.41, 5.74) is 3.62. The fraction of sp³-hybridized carbons (Fsp3) is 0.692. The number of hydrazine groups is 1. The van der Waals surface area contributed by atoms with Gasteiger partial charge in [0.25, 0.3) is 0 Å². The van der Waals surface area contributed by atoms with Gasteiger partial charge in [-0.25, -0.2) is 15.8 Å². The van der Waals surface area contributed by atoms with Crippen LogP contribution in [0.3, 0.4) is 0 Å². The average Bonchev–Trinajstić information content (AvgIpc) is 2.41. The molecule has 0 saturated heterocycles. The Morgan fingerprint density at radius 3 is 2.63 bits per heavy atom. The number of hydrogen-bond donors (Lipinski definition) is 3. The maximum Gasteiger partial charge on any atom is 0.148 e. The van der Waals surface area contributed by atoms with Gasteiger partial charge in [0, 0.05) is 18.7 Å². The number of nitrogens with zero attached hydrogens (tertiary/aromatic N) is 2. The Balaban J connectivity index is 2.37. The Hall–Kier alpha value is -1.40. The lowest BCUT2D eigenvalue weighted by Crippen LogP contribution is -2.14. The van der Waals surface area contributed by atoms with Gasteiger partial charge in [0.2, 0.25) is 0 Å². The van der Waals surface area contributed by atoms with Gasteiger partial charge in [-0.15, -0.1) is 0 Å². The molecule has 1 aromatic rings. The summed E-state index contributed by atoms with van der Waals surface area (Å²) in [6.07, 6.45) is 4.74. The molecule has 4 N–H and O–H groups in total. The van der Waals surface area contributed by atoms with Crippen molar-refractivity contribution in [2.45, 2.75) is 46.1 Å². The molecule has 0 amide bonds. The van der Waals surface area contributed by atoms with Crippen LogP contribution in [0.15, 0.2) is 6.33 Å². The van der Waals surface area contributed by atoms with Gasteiger partial charge in [-0.1, -0.05) is 6.92 Å². The summed E-state index contributed by atoms with van der Waals surface area (Å²) in [6, 6.07) is 0. The number of ether oxygens (including phenoxy) is 1. The van der Waals surface area contributed by atoms with E-state index in [-0.39, 0.29) is 0 Å². The zero-order valence-corrected chi connectivity index (χ0v) is 12.1. The van der Waals surface area contributed by atoms with Crippen LogP contribution >= 0.6 is 0 Å². The molecule has 0 bridgehead atoms. The smallest absolute Gasteiger partial charge is 0.148 e. The minimum atomic E-state index is 0.305. The molecule has 0 saturated carbocycles. The van der Waals surface area contributed by atoms with Crippen LogP contribution in [0.1, 0.15) is 39.2 Å². The SMILES string of the molecule is CCc1c(NN)ncnc1NCCCCOC(C)C. The largest absolute Gasteiger partial charge is 0.379 e. The monoisotopic (exact) mass is 267 g/mol. The number of nitrogen functional groups attached to an aromatic ring is 1. The second kappa shape index (κ2) is 8.66. The van der Waals surface area contributed by atoms with Gasteiger partial charge in [-0.05, 0) is 33.1 Å². The quantitative estimate of drug-likeness (QED) is 0.360. The maximum absolute atomic E-state index is 5.50. The number of unbranched alkanes of at least 4 members (excludes halogenated alkanes) is 1. The lowest BCUT2D eigenvalue weighted by Gasteiger charge is -2.12. The molecule has 1 heterocycles. The molecule has 0 unspecified atom stereocenters. The minimum Gasteiger partial charge on any atom is -0.379 e. The highest BCUT2D eigenvalue weighted by Crippen LogP contribution is 2.19. The summed E-state index contributed by atoms with van der Waals surface area (Å²) >= 11 is 0. The first kappa shape index (κ1) is 15.7. The molecular weight excluding hydrogens is 242 g/mol. The molecular formula is C13H25N5O. The van der Waals surface area contributed by atoms with Crippen LogP contribution in [0.4, 0.5) is 11.6 Å². The Bertz CT molecular complexity index is 370. The molecule has 0 aliphatic carbocycles. The fourth-order valence-electron chi connectivity index (χ4n) is 1.78. The zero-order chi connectivity index (χ0) is 14.1. The van der Waals surface area contributed by atoms with E-state index in [2.05, 4.69) is 27.6 Å². The highest BCUT2D eigenvalue weighted by molar-refractivity contribution is 5.56. The second-order valence-corrected chi connectivity index (χ2v) is 4.60. The Morgan fingerprint density at radius 1 is 1.26 bits per heavy atom. The summed E-state index contributed by atoms with van der Waals surface area (Å²) in [5.74, 6) is 6.97. The normalized spacial score (nSPS) is 10.8. The Labute approximate surface area is 115 Å². The van der Waals surface area contributed by atoms with Crippen LogP contribution in [0.2, 0.25) is 0 Å². The molecule has 0 atom stereocenters. The van der Waals surface area contributed by atoms with Crippen LogP contribution < -0.4 is 16.6 Å². The van der Waals surface area contributed by atoms with Gasteiger partial charge in [0.05, 0.1) is 6.10 Å². The predicted molar refractivity (Wildman–Crippen MR) is 78.0 cm³/mol. The summed E-state index contributed by atoms with van der Waals surface area (Å²) in [4.78, 5) is 8.35. The highest BCUT2D eigenvalue weighted by atomic mass is 16.5. The van der Waals surface area contributed by atoms with Crippen LogP contribution in [0.25, 0.3) is 0 Å². The van der Waals surface area contributed by atoms with E-state index in [1.54, 1.807) is 0 Å². The molecule has 0 aromatic carbocycles. The second-order valence-electron chi connectivity index (χ2n) is 4.60. The Kier molecular flexibility index (Phi) is 7.14. The van der Waals surface area contributed by atoms with Crippen molar-refractivity contribution in [2.75, 3.05) is 23.9 Å². The average molecular weight is 267 g/mol. The van der Waals surface area contributed by atoms with E-state index in [4.69, 9.17) is 10.6 Å². The van der Waals surface area contributed by atoms with E-state index in [1.807, 2.05) is 13.8 Å². The van der Waals surface area contributed by atoms with Crippen molar-refractivity contribution in [1.82, 2.24) is 9.97 Å². The van der Waals surface area contributed by atoms with Crippen molar-refractivity contribution in [3.8, 4) is 0 Å². The van der Waals surface area contributed by atoms with Crippen molar-refractivity contribution in [3.05, 3.63) is 11.9 Å². The molecule has 0 aliphatic heterocycles. The molecule has 6 heteroatoms. The first-order chi connectivity index (χ1) is 9.19. The molecule has 0 spiro atoms. The number of nitrogens with one attached hydrogen (secondary N) is 2. The molecule has 6 nitrogen and oxygen atoms in total. The molecule has 0 aliphatic rings. The van der Waals surface area contributed by atoms with Gasteiger partial charge in [0.1, 0.15) is 18.0 Å². The lowest BCUT2D eigenvalue weighted by molar-refractivity contribution is 0.0765. The van der Waals surface area contributed by atoms with Crippen molar-refractivity contribution >= 4 is 11.6 Å². The maximum atomic E-state index is 5.50. The first-order valence-electron chi connectivity index (χ1n) is 6.85. The molecule has 0 radical (unpaired) electrons. The van der Waals surface area contributed by atoms with Gasteiger partial charge in [-0.3, -0.25) is 0 Å². The Morgan fingerprint density at radius 2 is 2.00 bits per heavy atom. The molecule has 0 fully saturated rings. The molecule has 19 heavy (non-hydrogen) atoms. The minimum absolute atomic E-state index is 0.305. The third-order valence-corrected chi connectivity index (χ3v) is 2.75. The lowest BCUT2D eigenvalue weighted by atomic mass is 10.2. The number of rotatable bonds is 9. The van der Waals surface area contributed by atoms with Crippen LogP contribution in [-0.4, -0.2) is 29.2 Å². The molecule has 1 rings (SSSR count).